The average Bonchev–Trinajstić information content (AvgIpc) is 2.28. The van der Waals surface area contributed by atoms with E-state index in [1.54, 1.807) is 6.08 Å². The predicted molar refractivity (Wildman–Crippen MR) is 59.0 cm³/mol. The lowest BCUT2D eigenvalue weighted by molar-refractivity contribution is 0.582. The lowest BCUT2D eigenvalue weighted by Crippen LogP contribution is -1.87. The molecule has 6 heteroatoms. The van der Waals surface area contributed by atoms with E-state index in [4.69, 9.17) is 17.1 Å². The summed E-state index contributed by atoms with van der Waals surface area (Å²) in [5, 5.41) is 2.79. The fourth-order valence-corrected chi connectivity index (χ4v) is 1.23. The highest BCUT2D eigenvalue weighted by Gasteiger charge is 2.08. The molecule has 0 aromatic heterocycles. The molecular weight excluding hydrogens is 236 g/mol. The van der Waals surface area contributed by atoms with E-state index in [1.807, 2.05) is 0 Å². The van der Waals surface area contributed by atoms with Crippen molar-refractivity contribution in [2.75, 3.05) is 6.54 Å². The summed E-state index contributed by atoms with van der Waals surface area (Å²) in [4.78, 5) is 2.57. The summed E-state index contributed by atoms with van der Waals surface area (Å²) in [6.07, 6.45) is 3.58. The molecule has 84 valence electrons. The van der Waals surface area contributed by atoms with Crippen molar-refractivity contribution in [3.63, 3.8) is 0 Å². The Hall–Kier alpha value is -1.58. The van der Waals surface area contributed by atoms with E-state index in [9.17, 15) is 8.78 Å². The number of hydrogen-bond donors (Lipinski definition) is 0. The Bertz CT molecular complexity index is 454. The molecule has 0 amide bonds. The number of nitrogens with zero attached hydrogens (tertiary/aromatic N) is 3. The highest BCUT2D eigenvalue weighted by atomic mass is 35.5. The Balaban J connectivity index is 2.74. The largest absolute Gasteiger partial charge is 0.205 e. The van der Waals surface area contributed by atoms with Crippen molar-refractivity contribution in [3.8, 4) is 0 Å². The molecule has 0 spiro atoms. The Morgan fingerprint density at radius 1 is 1.44 bits per heavy atom. The lowest BCUT2D eigenvalue weighted by Gasteiger charge is -2.00. The van der Waals surface area contributed by atoms with Crippen molar-refractivity contribution in [1.29, 1.82) is 0 Å². The van der Waals surface area contributed by atoms with Gasteiger partial charge >= 0.3 is 0 Å². The van der Waals surface area contributed by atoms with Crippen molar-refractivity contribution in [2.24, 2.45) is 5.11 Å². The first-order valence-electron chi connectivity index (χ1n) is 4.47. The Kier molecular flexibility index (Phi) is 4.76. The minimum atomic E-state index is -0.790. The summed E-state index contributed by atoms with van der Waals surface area (Å²) in [5.41, 5.74) is 8.21. The molecule has 0 saturated carbocycles. The summed E-state index contributed by atoms with van der Waals surface area (Å²) >= 11 is 5.39. The van der Waals surface area contributed by atoms with Crippen molar-refractivity contribution in [1.82, 2.24) is 0 Å². The molecule has 1 rings (SSSR count). The Morgan fingerprint density at radius 2 is 2.19 bits per heavy atom. The van der Waals surface area contributed by atoms with Crippen molar-refractivity contribution in [2.45, 2.75) is 6.42 Å². The Labute approximate surface area is 96.0 Å². The molecule has 0 aliphatic heterocycles. The van der Waals surface area contributed by atoms with Crippen LogP contribution in [0.2, 0.25) is 5.02 Å². The molecule has 0 bridgehead atoms. The summed E-state index contributed by atoms with van der Waals surface area (Å²) in [6, 6.07) is 2.39. The van der Waals surface area contributed by atoms with E-state index in [0.717, 1.165) is 6.07 Å². The van der Waals surface area contributed by atoms with E-state index >= 15 is 0 Å². The monoisotopic (exact) mass is 243 g/mol. The van der Waals surface area contributed by atoms with Crippen molar-refractivity contribution >= 4 is 17.7 Å². The molecule has 0 atom stereocenters. The highest BCUT2D eigenvalue weighted by Crippen LogP contribution is 2.22. The van der Waals surface area contributed by atoms with Gasteiger partial charge in [-0.15, -0.1) is 0 Å². The molecule has 0 saturated heterocycles. The van der Waals surface area contributed by atoms with Crippen LogP contribution in [0.3, 0.4) is 0 Å². The van der Waals surface area contributed by atoms with Crippen LogP contribution in [0.4, 0.5) is 8.78 Å². The maximum Gasteiger partial charge on any atom is 0.151 e. The molecule has 0 aliphatic rings. The van der Waals surface area contributed by atoms with Gasteiger partial charge in [-0.25, -0.2) is 8.78 Å². The highest BCUT2D eigenvalue weighted by molar-refractivity contribution is 6.31. The molecule has 0 fully saturated rings. The minimum Gasteiger partial charge on any atom is -0.205 e. The van der Waals surface area contributed by atoms with Gasteiger partial charge in [0.15, 0.2) is 5.82 Å². The van der Waals surface area contributed by atoms with E-state index in [2.05, 4.69) is 10.0 Å². The molecule has 0 heterocycles. The van der Waals surface area contributed by atoms with Gasteiger partial charge in [0, 0.05) is 17.0 Å². The third-order valence-corrected chi connectivity index (χ3v) is 2.17. The molecule has 1 aromatic rings. The zero-order valence-corrected chi connectivity index (χ0v) is 8.96. The number of azide groups is 1. The molecule has 3 nitrogen and oxygen atoms in total. The van der Waals surface area contributed by atoms with Crippen LogP contribution in [-0.2, 0) is 0 Å². The second-order valence-electron chi connectivity index (χ2n) is 2.91. The van der Waals surface area contributed by atoms with E-state index in [-0.39, 0.29) is 5.56 Å². The van der Waals surface area contributed by atoms with Crippen LogP contribution in [0.5, 0.6) is 0 Å². The summed E-state index contributed by atoms with van der Waals surface area (Å²) < 4.78 is 26.1. The summed E-state index contributed by atoms with van der Waals surface area (Å²) in [7, 11) is 0. The number of rotatable bonds is 4. The fourth-order valence-electron chi connectivity index (χ4n) is 1.06. The van der Waals surface area contributed by atoms with Crippen LogP contribution in [0.1, 0.15) is 12.0 Å². The van der Waals surface area contributed by atoms with Gasteiger partial charge in [-0.05, 0) is 24.1 Å². The van der Waals surface area contributed by atoms with E-state index in [1.165, 1.54) is 12.1 Å². The zero-order valence-electron chi connectivity index (χ0n) is 8.20. The van der Waals surface area contributed by atoms with Gasteiger partial charge in [-0.1, -0.05) is 28.9 Å². The molecule has 1 aromatic carbocycles. The topological polar surface area (TPSA) is 48.8 Å². The quantitative estimate of drug-likeness (QED) is 0.248. The number of benzene rings is 1. The van der Waals surface area contributed by atoms with Crippen LogP contribution in [-0.4, -0.2) is 6.54 Å². The third kappa shape index (κ3) is 3.22. The standard InChI is InChI=1S/C10H8ClF2N3/c11-9-8(12)5-4-7(10(9)13)3-1-2-6-15-16-14/h1,3-5H,2,6H2. The fraction of sp³-hybridized carbons (Fsp3) is 0.200. The zero-order chi connectivity index (χ0) is 12.0. The van der Waals surface area contributed by atoms with Crippen LogP contribution >= 0.6 is 11.6 Å². The van der Waals surface area contributed by atoms with Gasteiger partial charge in [0.2, 0.25) is 0 Å². The Morgan fingerprint density at radius 3 is 2.88 bits per heavy atom. The van der Waals surface area contributed by atoms with Crippen LogP contribution in [0.15, 0.2) is 23.3 Å². The SMILES string of the molecule is [N-]=[N+]=NCCC=Cc1ccc(F)c(Cl)c1F. The van der Waals surface area contributed by atoms with E-state index in [0.29, 0.717) is 13.0 Å². The van der Waals surface area contributed by atoms with Gasteiger partial charge in [0.25, 0.3) is 0 Å². The second kappa shape index (κ2) is 6.10. The second-order valence-corrected chi connectivity index (χ2v) is 3.29. The maximum absolute atomic E-state index is 13.3. The maximum atomic E-state index is 13.3. The molecule has 0 N–H and O–H groups in total. The van der Waals surface area contributed by atoms with Gasteiger partial charge in [0.05, 0.1) is 0 Å². The minimum absolute atomic E-state index is 0.201. The normalized spacial score (nSPS) is 10.4. The average molecular weight is 244 g/mol. The van der Waals surface area contributed by atoms with Crippen molar-refractivity contribution in [3.05, 3.63) is 50.9 Å². The molecule has 0 aliphatic carbocycles. The first-order chi connectivity index (χ1) is 7.66. The summed E-state index contributed by atoms with van der Waals surface area (Å²) in [6.45, 7) is 0.295. The van der Waals surface area contributed by atoms with Crippen LogP contribution in [0.25, 0.3) is 16.5 Å². The van der Waals surface area contributed by atoms with E-state index < -0.39 is 16.7 Å². The van der Waals surface area contributed by atoms with Crippen LogP contribution in [0, 0.1) is 11.6 Å². The van der Waals surface area contributed by atoms with Gasteiger partial charge in [-0.2, -0.15) is 0 Å². The number of hydrogen-bond acceptors (Lipinski definition) is 1. The molecule has 16 heavy (non-hydrogen) atoms. The molecule has 0 radical (unpaired) electrons. The first-order valence-corrected chi connectivity index (χ1v) is 4.85. The van der Waals surface area contributed by atoms with Crippen LogP contribution < -0.4 is 0 Å². The predicted octanol–water partition coefficient (Wildman–Crippen LogP) is 4.33. The van der Waals surface area contributed by atoms with Gasteiger partial charge in [-0.3, -0.25) is 0 Å². The third-order valence-electron chi connectivity index (χ3n) is 1.82. The van der Waals surface area contributed by atoms with Gasteiger partial charge < -0.3 is 0 Å². The molecule has 0 unspecified atom stereocenters. The van der Waals surface area contributed by atoms with Gasteiger partial charge in [0.1, 0.15) is 10.8 Å². The summed E-state index contributed by atoms with van der Waals surface area (Å²) in [5.74, 6) is -1.58. The number of halogens is 3. The first kappa shape index (κ1) is 12.5. The molecular formula is C10H8ClF2N3. The lowest BCUT2D eigenvalue weighted by atomic mass is 10.2. The van der Waals surface area contributed by atoms with Crippen molar-refractivity contribution < 1.29 is 8.78 Å². The smallest absolute Gasteiger partial charge is 0.151 e.